The van der Waals surface area contributed by atoms with Crippen molar-refractivity contribution in [2.45, 2.75) is 25.7 Å². The summed E-state index contributed by atoms with van der Waals surface area (Å²) < 4.78 is 38.5. The number of methoxy groups -OCH3 is 2. The lowest BCUT2D eigenvalue weighted by Gasteiger charge is -2.11. The molecule has 3 rings (SSSR count). The van der Waals surface area contributed by atoms with E-state index in [2.05, 4.69) is 15.0 Å². The van der Waals surface area contributed by atoms with Crippen molar-refractivity contribution in [2.75, 3.05) is 24.3 Å². The van der Waals surface area contributed by atoms with Crippen molar-refractivity contribution in [2.24, 2.45) is 0 Å². The van der Waals surface area contributed by atoms with Gasteiger partial charge in [-0.25, -0.2) is 13.4 Å². The number of hydrogen-bond donors (Lipinski definition) is 2. The predicted molar refractivity (Wildman–Crippen MR) is 121 cm³/mol. The monoisotopic (exact) mass is 461 g/mol. The second-order valence-corrected chi connectivity index (χ2v) is 9.48. The molecular weight excluding hydrogens is 438 g/mol. The minimum Gasteiger partial charge on any atom is -0.497 e. The highest BCUT2D eigenvalue weighted by atomic mass is 32.2. The summed E-state index contributed by atoms with van der Waals surface area (Å²) in [6.45, 7) is 5.27. The number of aromatic nitrogens is 1. The lowest BCUT2D eigenvalue weighted by Crippen LogP contribution is -2.14. The number of nitrogens with zero attached hydrogens (tertiary/aromatic N) is 1. The fraction of sp³-hybridized carbons (Fsp3) is 0.238. The van der Waals surface area contributed by atoms with Crippen molar-refractivity contribution in [1.29, 1.82) is 0 Å². The van der Waals surface area contributed by atoms with Gasteiger partial charge >= 0.3 is 0 Å². The van der Waals surface area contributed by atoms with Gasteiger partial charge in [-0.2, -0.15) is 0 Å². The van der Waals surface area contributed by atoms with Gasteiger partial charge in [0.05, 0.1) is 30.5 Å². The molecule has 0 saturated carbocycles. The minimum absolute atomic E-state index is 0.111. The van der Waals surface area contributed by atoms with Gasteiger partial charge in [0.15, 0.2) is 5.13 Å². The molecule has 0 saturated heterocycles. The zero-order valence-electron chi connectivity index (χ0n) is 17.8. The van der Waals surface area contributed by atoms with Crippen LogP contribution in [0.1, 0.15) is 26.5 Å². The fourth-order valence-electron chi connectivity index (χ4n) is 3.01. The van der Waals surface area contributed by atoms with E-state index in [0.717, 1.165) is 16.9 Å². The summed E-state index contributed by atoms with van der Waals surface area (Å²) in [5.41, 5.74) is 2.43. The van der Waals surface area contributed by atoms with E-state index in [0.29, 0.717) is 28.4 Å². The summed E-state index contributed by atoms with van der Waals surface area (Å²) in [6.07, 6.45) is 0. The number of nitrogens with one attached hydrogen (secondary N) is 2. The minimum atomic E-state index is -3.84. The molecular formula is C21H23N3O5S2. The van der Waals surface area contributed by atoms with E-state index in [1.807, 2.05) is 6.92 Å². The number of sulfonamides is 1. The van der Waals surface area contributed by atoms with E-state index in [1.54, 1.807) is 50.2 Å². The molecule has 0 bridgehead atoms. The van der Waals surface area contributed by atoms with Crippen LogP contribution in [0.3, 0.4) is 0 Å². The summed E-state index contributed by atoms with van der Waals surface area (Å²) in [5.74, 6) is 0.588. The van der Waals surface area contributed by atoms with E-state index in [-0.39, 0.29) is 14.9 Å². The Morgan fingerprint density at radius 2 is 1.77 bits per heavy atom. The number of amides is 1. The van der Waals surface area contributed by atoms with Gasteiger partial charge in [0.25, 0.3) is 15.9 Å². The Morgan fingerprint density at radius 3 is 2.42 bits per heavy atom. The molecule has 0 spiro atoms. The molecule has 1 aromatic heterocycles. The molecule has 0 radical (unpaired) electrons. The highest BCUT2D eigenvalue weighted by Crippen LogP contribution is 2.31. The SMILES string of the molecule is COc1ccc(OC)c(NC(=O)c2sc(NS(=O)(=O)c3ccc(C)cc3C)nc2C)c1. The quantitative estimate of drug-likeness (QED) is 0.548. The molecule has 10 heteroatoms. The van der Waals surface area contributed by atoms with Crippen LogP contribution >= 0.6 is 11.3 Å². The van der Waals surface area contributed by atoms with Crippen LogP contribution in [0.2, 0.25) is 0 Å². The van der Waals surface area contributed by atoms with Gasteiger partial charge in [0.2, 0.25) is 0 Å². The van der Waals surface area contributed by atoms with Gasteiger partial charge in [-0.3, -0.25) is 9.52 Å². The highest BCUT2D eigenvalue weighted by molar-refractivity contribution is 7.93. The Balaban J connectivity index is 1.85. The first-order valence-electron chi connectivity index (χ1n) is 9.25. The summed E-state index contributed by atoms with van der Waals surface area (Å²) in [7, 11) is -0.821. The first kappa shape index (κ1) is 22.6. The van der Waals surface area contributed by atoms with Gasteiger partial charge in [-0.05, 0) is 44.5 Å². The second kappa shape index (κ2) is 8.94. The lowest BCUT2D eigenvalue weighted by molar-refractivity contribution is 0.102. The fourth-order valence-corrected chi connectivity index (χ4v) is 5.34. The number of anilines is 2. The van der Waals surface area contributed by atoms with Crippen molar-refractivity contribution in [3.05, 3.63) is 58.1 Å². The zero-order chi connectivity index (χ0) is 22.8. The van der Waals surface area contributed by atoms with E-state index < -0.39 is 15.9 Å². The molecule has 2 aromatic carbocycles. The first-order chi connectivity index (χ1) is 14.6. The van der Waals surface area contributed by atoms with Gasteiger partial charge < -0.3 is 14.8 Å². The van der Waals surface area contributed by atoms with Crippen LogP contribution in [0.25, 0.3) is 0 Å². The maximum Gasteiger partial charge on any atom is 0.267 e. The largest absolute Gasteiger partial charge is 0.497 e. The Bertz CT molecular complexity index is 1240. The molecule has 0 aliphatic rings. The van der Waals surface area contributed by atoms with Crippen LogP contribution in [-0.2, 0) is 10.0 Å². The van der Waals surface area contributed by atoms with E-state index >= 15 is 0 Å². The van der Waals surface area contributed by atoms with Crippen LogP contribution in [0.4, 0.5) is 10.8 Å². The number of carbonyl (C=O) groups excluding carboxylic acids is 1. The van der Waals surface area contributed by atoms with Crippen LogP contribution in [0, 0.1) is 20.8 Å². The maximum atomic E-state index is 12.8. The molecule has 1 heterocycles. The molecule has 0 aliphatic heterocycles. The van der Waals surface area contributed by atoms with E-state index in [4.69, 9.17) is 9.47 Å². The Labute approximate surface area is 185 Å². The van der Waals surface area contributed by atoms with Gasteiger partial charge in [-0.15, -0.1) is 0 Å². The van der Waals surface area contributed by atoms with Crippen LogP contribution in [0.5, 0.6) is 11.5 Å². The molecule has 1 amide bonds. The topological polar surface area (TPSA) is 107 Å². The third-order valence-electron chi connectivity index (χ3n) is 4.50. The summed E-state index contributed by atoms with van der Waals surface area (Å²) >= 11 is 0.955. The molecule has 0 unspecified atom stereocenters. The third-order valence-corrected chi connectivity index (χ3v) is 7.20. The number of rotatable bonds is 7. The average molecular weight is 462 g/mol. The molecule has 164 valence electrons. The number of carbonyl (C=O) groups is 1. The van der Waals surface area contributed by atoms with Crippen LogP contribution in [-0.4, -0.2) is 33.5 Å². The lowest BCUT2D eigenvalue weighted by atomic mass is 10.2. The maximum absolute atomic E-state index is 12.8. The number of ether oxygens (including phenoxy) is 2. The van der Waals surface area contributed by atoms with Crippen molar-refractivity contribution in [3.8, 4) is 11.5 Å². The summed E-state index contributed by atoms with van der Waals surface area (Å²) in [5, 5.41) is 2.88. The molecule has 0 fully saturated rings. The van der Waals surface area contributed by atoms with Gasteiger partial charge in [0.1, 0.15) is 16.4 Å². The van der Waals surface area contributed by atoms with E-state index in [1.165, 1.54) is 14.2 Å². The normalized spacial score (nSPS) is 11.1. The van der Waals surface area contributed by atoms with Crippen molar-refractivity contribution in [1.82, 2.24) is 4.98 Å². The van der Waals surface area contributed by atoms with Crippen molar-refractivity contribution < 1.29 is 22.7 Å². The Kier molecular flexibility index (Phi) is 6.51. The Hall–Kier alpha value is -3.11. The van der Waals surface area contributed by atoms with Crippen LogP contribution in [0.15, 0.2) is 41.3 Å². The number of benzene rings is 2. The smallest absolute Gasteiger partial charge is 0.267 e. The van der Waals surface area contributed by atoms with E-state index in [9.17, 15) is 13.2 Å². The average Bonchev–Trinajstić information content (AvgIpc) is 3.06. The third kappa shape index (κ3) is 4.97. The first-order valence-corrected chi connectivity index (χ1v) is 11.6. The summed E-state index contributed by atoms with van der Waals surface area (Å²) in [4.78, 5) is 17.5. The van der Waals surface area contributed by atoms with Gasteiger partial charge in [0, 0.05) is 6.07 Å². The van der Waals surface area contributed by atoms with Crippen LogP contribution < -0.4 is 19.5 Å². The second-order valence-electron chi connectivity index (χ2n) is 6.83. The number of thiazole rings is 1. The zero-order valence-corrected chi connectivity index (χ0v) is 19.4. The van der Waals surface area contributed by atoms with Crippen molar-refractivity contribution in [3.63, 3.8) is 0 Å². The van der Waals surface area contributed by atoms with Crippen molar-refractivity contribution >= 4 is 38.1 Å². The molecule has 2 N–H and O–H groups in total. The summed E-state index contributed by atoms with van der Waals surface area (Å²) in [6, 6.07) is 10.1. The number of aryl methyl sites for hydroxylation is 3. The molecule has 31 heavy (non-hydrogen) atoms. The molecule has 8 nitrogen and oxygen atoms in total. The standard InChI is InChI=1S/C21H23N3O5S2/c1-12-6-9-18(13(2)10-12)31(26,27)24-21-22-14(3)19(30-21)20(25)23-16-11-15(28-4)7-8-17(16)29-5/h6-11H,1-5H3,(H,22,24)(H,23,25). The Morgan fingerprint density at radius 1 is 1.03 bits per heavy atom. The molecule has 3 aromatic rings. The number of hydrogen-bond acceptors (Lipinski definition) is 7. The predicted octanol–water partition coefficient (Wildman–Crippen LogP) is 4.14. The highest BCUT2D eigenvalue weighted by Gasteiger charge is 2.22. The molecule has 0 aliphatic carbocycles. The van der Waals surface area contributed by atoms with Gasteiger partial charge in [-0.1, -0.05) is 29.0 Å². The molecule has 0 atom stereocenters.